The highest BCUT2D eigenvalue weighted by molar-refractivity contribution is 5.97. The normalized spacial score (nSPS) is 22.1. The van der Waals surface area contributed by atoms with E-state index in [1.807, 2.05) is 20.8 Å². The smallest absolute Gasteiger partial charge is 0.335 e. The minimum atomic E-state index is -1.93. The molecule has 1 fully saturated rings. The number of aliphatic hydroxyl groups excluding tert-OH is 3. The van der Waals surface area contributed by atoms with Crippen molar-refractivity contribution >= 4 is 29.5 Å². The first-order chi connectivity index (χ1) is 20.3. The Hall–Kier alpha value is -3.59. The van der Waals surface area contributed by atoms with Crippen LogP contribution in [0.2, 0.25) is 0 Å². The van der Waals surface area contributed by atoms with Crippen LogP contribution in [0.5, 0.6) is 5.75 Å². The topological polar surface area (TPSA) is 218 Å². The number of ether oxygens (including phenoxy) is 3. The van der Waals surface area contributed by atoms with Crippen molar-refractivity contribution in [3.8, 4) is 5.75 Å². The first kappa shape index (κ1) is 36.6. The number of rotatable bonds is 13. The average Bonchev–Trinajstić information content (AvgIpc) is 2.93. The van der Waals surface area contributed by atoms with Crippen LogP contribution in [-0.4, -0.2) is 93.8 Å². The third kappa shape index (κ3) is 10.5. The number of hydrogen-bond acceptors (Lipinski definition) is 11. The van der Waals surface area contributed by atoms with Crippen molar-refractivity contribution in [3.63, 3.8) is 0 Å². The van der Waals surface area contributed by atoms with E-state index in [1.165, 1.54) is 18.2 Å². The Kier molecular flexibility index (Phi) is 12.8. The van der Waals surface area contributed by atoms with Crippen LogP contribution in [0.4, 0.5) is 0 Å². The van der Waals surface area contributed by atoms with E-state index in [9.17, 15) is 44.4 Å². The van der Waals surface area contributed by atoms with Gasteiger partial charge in [0.15, 0.2) is 6.10 Å². The highest BCUT2D eigenvalue weighted by Gasteiger charge is 2.48. The zero-order chi connectivity index (χ0) is 33.4. The molecule has 1 aromatic carbocycles. The number of nitrogens with one attached hydrogen (secondary N) is 2. The Balaban J connectivity index is 2.12. The van der Waals surface area contributed by atoms with Crippen molar-refractivity contribution in [3.05, 3.63) is 29.3 Å². The molecule has 2 amide bonds. The molecule has 0 spiro atoms. The molecule has 1 aromatic rings. The molecule has 0 unspecified atom stereocenters. The van der Waals surface area contributed by atoms with Gasteiger partial charge in [0.1, 0.15) is 36.5 Å². The van der Waals surface area contributed by atoms with Crippen LogP contribution >= 0.6 is 0 Å². The Bertz CT molecular complexity index is 1200. The van der Waals surface area contributed by atoms with Gasteiger partial charge in [0.25, 0.3) is 5.91 Å². The van der Waals surface area contributed by atoms with Gasteiger partial charge in [-0.05, 0) is 44.9 Å². The Morgan fingerprint density at radius 3 is 2.09 bits per heavy atom. The van der Waals surface area contributed by atoms with Gasteiger partial charge in [0.2, 0.25) is 12.2 Å². The van der Waals surface area contributed by atoms with E-state index in [2.05, 4.69) is 10.6 Å². The largest absolute Gasteiger partial charge is 0.479 e. The number of carbonyl (C=O) groups is 5. The van der Waals surface area contributed by atoms with Gasteiger partial charge >= 0.3 is 11.9 Å². The third-order valence-electron chi connectivity index (χ3n) is 6.70. The third-order valence-corrected chi connectivity index (χ3v) is 6.70. The number of aliphatic hydroxyl groups is 3. The van der Waals surface area contributed by atoms with Gasteiger partial charge in [0.05, 0.1) is 11.0 Å². The fourth-order valence-corrected chi connectivity index (χ4v) is 3.93. The second kappa shape index (κ2) is 15.4. The first-order valence-electron chi connectivity index (χ1n) is 14.3. The van der Waals surface area contributed by atoms with Crippen LogP contribution in [0.25, 0.3) is 0 Å². The van der Waals surface area contributed by atoms with Gasteiger partial charge in [-0.1, -0.05) is 26.8 Å². The quantitative estimate of drug-likeness (QED) is 0.132. The van der Waals surface area contributed by atoms with E-state index in [-0.39, 0.29) is 55.5 Å². The van der Waals surface area contributed by atoms with Gasteiger partial charge in [-0.2, -0.15) is 0 Å². The molecule has 5 atom stereocenters. The molecule has 1 aliphatic heterocycles. The number of carboxylic acids is 1. The zero-order valence-electron chi connectivity index (χ0n) is 25.9. The van der Waals surface area contributed by atoms with Gasteiger partial charge in [-0.25, -0.2) is 4.79 Å². The summed E-state index contributed by atoms with van der Waals surface area (Å²) in [5.41, 5.74) is -0.947. The molecular formula is C30H44N2O12. The molecule has 1 saturated heterocycles. The number of ketones is 1. The lowest BCUT2D eigenvalue weighted by Gasteiger charge is -2.38. The highest BCUT2D eigenvalue weighted by atomic mass is 16.7. The number of Topliss-reactive ketones (excluding diaryl/α,β-unsaturated/α-hetero) is 1. The number of esters is 1. The maximum absolute atomic E-state index is 13.2. The predicted octanol–water partition coefficient (Wildman–Crippen LogP) is 0.678. The molecule has 14 nitrogen and oxygen atoms in total. The molecule has 6 N–H and O–H groups in total. The summed E-state index contributed by atoms with van der Waals surface area (Å²) in [6.07, 6.45) is -8.58. The number of benzene rings is 1. The van der Waals surface area contributed by atoms with Crippen LogP contribution in [0.1, 0.15) is 76.7 Å². The molecule has 0 bridgehead atoms. The molecule has 2 rings (SSSR count). The SMILES string of the molecule is CC(C)(C)C(=O)CCCC(=O)NCCNC(=O)c1cc(COC(=O)C(C)(C)C)ccc1O[C@@H]1O[C@H](C(=O)O)[C@@H](O)[C@H](O)[C@H]1O. The molecule has 1 heterocycles. The summed E-state index contributed by atoms with van der Waals surface area (Å²) >= 11 is 0. The molecule has 1 aliphatic rings. The standard InChI is InChI=1S/C30H44N2O12/c1-29(2,3)19(33)8-7-9-20(34)31-12-13-32-25(38)17-14-16(15-42-28(41)30(4,5)6)10-11-18(17)43-27-23(37)21(35)22(36)24(44-27)26(39)40/h10-11,14,21-24,27,35-37H,7-9,12-13,15H2,1-6H3,(H,31,34)(H,32,38)(H,39,40)/t21-,22-,23+,24-,27+/m0/s1. The lowest BCUT2D eigenvalue weighted by molar-refractivity contribution is -0.271. The lowest BCUT2D eigenvalue weighted by Crippen LogP contribution is -2.61. The summed E-state index contributed by atoms with van der Waals surface area (Å²) in [6, 6.07) is 4.15. The number of hydrogen-bond donors (Lipinski definition) is 6. The maximum atomic E-state index is 13.2. The van der Waals surface area contributed by atoms with Crippen LogP contribution in [-0.2, 0) is 35.3 Å². The second-order valence-corrected chi connectivity index (χ2v) is 12.6. The lowest BCUT2D eigenvalue weighted by atomic mass is 9.88. The van der Waals surface area contributed by atoms with E-state index >= 15 is 0 Å². The van der Waals surface area contributed by atoms with Crippen LogP contribution in [0.3, 0.4) is 0 Å². The Morgan fingerprint density at radius 1 is 0.864 bits per heavy atom. The van der Waals surface area contributed by atoms with Crippen LogP contribution in [0, 0.1) is 10.8 Å². The number of amides is 2. The molecule has 0 aliphatic carbocycles. The second-order valence-electron chi connectivity index (χ2n) is 12.6. The summed E-state index contributed by atoms with van der Waals surface area (Å²) in [4.78, 5) is 61.0. The summed E-state index contributed by atoms with van der Waals surface area (Å²) in [5, 5.41) is 45.0. The molecule has 0 aromatic heterocycles. The fraction of sp³-hybridized carbons (Fsp3) is 0.633. The molecule has 246 valence electrons. The summed E-state index contributed by atoms with van der Waals surface area (Å²) < 4.78 is 16.1. The first-order valence-corrected chi connectivity index (χ1v) is 14.3. The number of carboxylic acid groups (broad SMARTS) is 1. The van der Waals surface area contributed by atoms with E-state index in [0.29, 0.717) is 12.0 Å². The van der Waals surface area contributed by atoms with Crippen molar-refractivity contribution < 1.29 is 58.6 Å². The van der Waals surface area contributed by atoms with Gasteiger partial charge in [0, 0.05) is 31.3 Å². The van der Waals surface area contributed by atoms with Crippen LogP contribution < -0.4 is 15.4 Å². The van der Waals surface area contributed by atoms with Crippen molar-refractivity contribution in [2.75, 3.05) is 13.1 Å². The molecule has 0 saturated carbocycles. The minimum absolute atomic E-state index is 0.00270. The van der Waals surface area contributed by atoms with E-state index in [4.69, 9.17) is 14.2 Å². The Morgan fingerprint density at radius 2 is 1.50 bits per heavy atom. The maximum Gasteiger partial charge on any atom is 0.335 e. The highest BCUT2D eigenvalue weighted by Crippen LogP contribution is 2.28. The van der Waals surface area contributed by atoms with E-state index < -0.39 is 59.4 Å². The van der Waals surface area contributed by atoms with Crippen molar-refractivity contribution in [1.82, 2.24) is 10.6 Å². The van der Waals surface area contributed by atoms with Gasteiger partial charge in [-0.15, -0.1) is 0 Å². The van der Waals surface area contributed by atoms with Gasteiger partial charge in [-0.3, -0.25) is 19.2 Å². The average molecular weight is 625 g/mol. The molecule has 14 heteroatoms. The van der Waals surface area contributed by atoms with Crippen LogP contribution in [0.15, 0.2) is 18.2 Å². The van der Waals surface area contributed by atoms with Crippen molar-refractivity contribution in [2.24, 2.45) is 10.8 Å². The zero-order valence-corrected chi connectivity index (χ0v) is 25.9. The molecule has 44 heavy (non-hydrogen) atoms. The number of carbonyl (C=O) groups excluding carboxylic acids is 4. The van der Waals surface area contributed by atoms with Crippen molar-refractivity contribution in [1.29, 1.82) is 0 Å². The van der Waals surface area contributed by atoms with E-state index in [1.54, 1.807) is 20.8 Å². The summed E-state index contributed by atoms with van der Waals surface area (Å²) in [7, 11) is 0. The monoisotopic (exact) mass is 624 g/mol. The minimum Gasteiger partial charge on any atom is -0.479 e. The molecule has 0 radical (unpaired) electrons. The molecular weight excluding hydrogens is 580 g/mol. The summed E-state index contributed by atoms with van der Waals surface area (Å²) in [6.45, 7) is 10.4. The van der Waals surface area contributed by atoms with E-state index in [0.717, 1.165) is 0 Å². The Labute approximate surface area is 256 Å². The summed E-state index contributed by atoms with van der Waals surface area (Å²) in [5.74, 6) is -3.17. The van der Waals surface area contributed by atoms with Crippen molar-refractivity contribution in [2.45, 2.75) is 98.1 Å². The van der Waals surface area contributed by atoms with Gasteiger partial charge < -0.3 is 45.3 Å². The number of aliphatic carboxylic acids is 1. The fourth-order valence-electron chi connectivity index (χ4n) is 3.93. The predicted molar refractivity (Wildman–Crippen MR) is 154 cm³/mol.